The zero-order chi connectivity index (χ0) is 11.4. The molecule has 5 nitrogen and oxygen atoms in total. The van der Waals surface area contributed by atoms with Crippen molar-refractivity contribution in [1.29, 1.82) is 0 Å². The summed E-state index contributed by atoms with van der Waals surface area (Å²) in [4.78, 5) is 16.1. The van der Waals surface area contributed by atoms with E-state index in [1.807, 2.05) is 11.9 Å². The van der Waals surface area contributed by atoms with Crippen LogP contribution in [0.25, 0.3) is 0 Å². The third-order valence-corrected chi connectivity index (χ3v) is 3.36. The van der Waals surface area contributed by atoms with Crippen LogP contribution in [0.4, 0.5) is 0 Å². The highest BCUT2D eigenvalue weighted by atomic mass is 16.5. The van der Waals surface area contributed by atoms with E-state index in [0.29, 0.717) is 0 Å². The number of rotatable bonds is 4. The Balaban J connectivity index is 1.65. The molecule has 0 aromatic carbocycles. The van der Waals surface area contributed by atoms with Gasteiger partial charge >= 0.3 is 0 Å². The lowest BCUT2D eigenvalue weighted by Crippen LogP contribution is -2.52. The summed E-state index contributed by atoms with van der Waals surface area (Å²) in [6.07, 6.45) is 0. The molecule has 0 spiro atoms. The molecule has 2 fully saturated rings. The average molecular weight is 227 g/mol. The van der Waals surface area contributed by atoms with Gasteiger partial charge in [-0.05, 0) is 0 Å². The van der Waals surface area contributed by atoms with Crippen molar-refractivity contribution in [3.8, 4) is 0 Å². The van der Waals surface area contributed by atoms with Gasteiger partial charge in [-0.15, -0.1) is 0 Å². The first-order valence-corrected chi connectivity index (χ1v) is 6.03. The topological polar surface area (TPSA) is 44.8 Å². The van der Waals surface area contributed by atoms with Crippen LogP contribution in [0.1, 0.15) is 0 Å². The lowest BCUT2D eigenvalue weighted by atomic mass is 10.0. The zero-order valence-corrected chi connectivity index (χ0v) is 9.95. The van der Waals surface area contributed by atoms with Gasteiger partial charge in [-0.1, -0.05) is 0 Å². The van der Waals surface area contributed by atoms with E-state index in [1.54, 1.807) is 0 Å². The second-order valence-electron chi connectivity index (χ2n) is 4.57. The van der Waals surface area contributed by atoms with Crippen LogP contribution < -0.4 is 5.32 Å². The quantitative estimate of drug-likeness (QED) is 0.669. The van der Waals surface area contributed by atoms with Gasteiger partial charge in [0.05, 0.1) is 19.1 Å². The van der Waals surface area contributed by atoms with Crippen LogP contribution in [0.3, 0.4) is 0 Å². The van der Waals surface area contributed by atoms with Crippen molar-refractivity contribution in [3.63, 3.8) is 0 Å². The molecular weight excluding hydrogens is 206 g/mol. The molecule has 0 radical (unpaired) electrons. The standard InChI is InChI=1S/C11H21N3O2/c1-13(11(15)10-8-12-9-10)2-3-14-4-6-16-7-5-14/h10,12H,2-9H2,1H3. The van der Waals surface area contributed by atoms with E-state index in [0.717, 1.165) is 52.5 Å². The molecule has 16 heavy (non-hydrogen) atoms. The predicted octanol–water partition coefficient (Wildman–Crippen LogP) is -1.00. The molecule has 1 amide bonds. The molecule has 1 N–H and O–H groups in total. The Hall–Kier alpha value is -0.650. The molecule has 0 aromatic rings. The molecule has 0 atom stereocenters. The Morgan fingerprint density at radius 1 is 1.44 bits per heavy atom. The normalized spacial score (nSPS) is 22.8. The van der Waals surface area contributed by atoms with Crippen molar-refractivity contribution < 1.29 is 9.53 Å². The fraction of sp³-hybridized carbons (Fsp3) is 0.909. The summed E-state index contributed by atoms with van der Waals surface area (Å²) < 4.78 is 5.29. The molecule has 0 aliphatic carbocycles. The molecule has 2 saturated heterocycles. The summed E-state index contributed by atoms with van der Waals surface area (Å²) in [5, 5.41) is 3.13. The average Bonchev–Trinajstić information content (AvgIpc) is 2.25. The third-order valence-electron chi connectivity index (χ3n) is 3.36. The van der Waals surface area contributed by atoms with Gasteiger partial charge in [-0.25, -0.2) is 0 Å². The van der Waals surface area contributed by atoms with Crippen LogP contribution in [0.5, 0.6) is 0 Å². The summed E-state index contributed by atoms with van der Waals surface area (Å²) in [6, 6.07) is 0. The Morgan fingerprint density at radius 2 is 2.12 bits per heavy atom. The SMILES string of the molecule is CN(CCN1CCOCC1)C(=O)C1CNC1. The Morgan fingerprint density at radius 3 is 2.69 bits per heavy atom. The molecule has 2 aliphatic rings. The van der Waals surface area contributed by atoms with E-state index < -0.39 is 0 Å². The van der Waals surface area contributed by atoms with Gasteiger partial charge in [0.2, 0.25) is 5.91 Å². The minimum Gasteiger partial charge on any atom is -0.379 e. The summed E-state index contributed by atoms with van der Waals surface area (Å²) in [6.45, 7) is 7.12. The first kappa shape index (κ1) is 11.8. The highest BCUT2D eigenvalue weighted by molar-refractivity contribution is 5.79. The van der Waals surface area contributed by atoms with Gasteiger partial charge < -0.3 is 15.0 Å². The van der Waals surface area contributed by atoms with Crippen molar-refractivity contribution in [2.45, 2.75) is 0 Å². The van der Waals surface area contributed by atoms with Gasteiger partial charge in [0, 0.05) is 46.3 Å². The minimum absolute atomic E-state index is 0.217. The number of morpholine rings is 1. The number of likely N-dealkylation sites (N-methyl/N-ethyl adjacent to an activating group) is 1. The molecule has 0 unspecified atom stereocenters. The van der Waals surface area contributed by atoms with Crippen molar-refractivity contribution in [3.05, 3.63) is 0 Å². The molecule has 0 aromatic heterocycles. The fourth-order valence-corrected chi connectivity index (χ4v) is 2.00. The van der Waals surface area contributed by atoms with Crippen molar-refractivity contribution >= 4 is 5.91 Å². The summed E-state index contributed by atoms with van der Waals surface area (Å²) in [7, 11) is 1.90. The molecule has 5 heteroatoms. The van der Waals surface area contributed by atoms with Gasteiger partial charge in [0.25, 0.3) is 0 Å². The Bertz CT molecular complexity index is 237. The van der Waals surface area contributed by atoms with Crippen LogP contribution in [0.15, 0.2) is 0 Å². The summed E-state index contributed by atoms with van der Waals surface area (Å²) in [5.74, 6) is 0.502. The molecule has 92 valence electrons. The summed E-state index contributed by atoms with van der Waals surface area (Å²) in [5.41, 5.74) is 0. The smallest absolute Gasteiger partial charge is 0.228 e. The highest BCUT2D eigenvalue weighted by Gasteiger charge is 2.27. The summed E-state index contributed by atoms with van der Waals surface area (Å²) >= 11 is 0. The molecule has 2 rings (SSSR count). The monoisotopic (exact) mass is 227 g/mol. The largest absolute Gasteiger partial charge is 0.379 e. The second-order valence-corrected chi connectivity index (χ2v) is 4.57. The number of carbonyl (C=O) groups is 1. The van der Waals surface area contributed by atoms with Gasteiger partial charge in [0.15, 0.2) is 0 Å². The second kappa shape index (κ2) is 5.61. The zero-order valence-electron chi connectivity index (χ0n) is 9.95. The van der Waals surface area contributed by atoms with Crippen LogP contribution in [0, 0.1) is 5.92 Å². The maximum absolute atomic E-state index is 11.8. The van der Waals surface area contributed by atoms with Crippen LogP contribution in [0.2, 0.25) is 0 Å². The maximum atomic E-state index is 11.8. The van der Waals surface area contributed by atoms with Crippen molar-refractivity contribution in [2.75, 3.05) is 59.5 Å². The third kappa shape index (κ3) is 2.93. The van der Waals surface area contributed by atoms with E-state index in [9.17, 15) is 4.79 Å². The van der Waals surface area contributed by atoms with E-state index >= 15 is 0 Å². The minimum atomic E-state index is 0.217. The van der Waals surface area contributed by atoms with E-state index in [-0.39, 0.29) is 11.8 Å². The van der Waals surface area contributed by atoms with Gasteiger partial charge in [0.1, 0.15) is 0 Å². The number of nitrogens with one attached hydrogen (secondary N) is 1. The number of hydrogen-bond acceptors (Lipinski definition) is 4. The molecule has 2 heterocycles. The van der Waals surface area contributed by atoms with Crippen LogP contribution >= 0.6 is 0 Å². The van der Waals surface area contributed by atoms with E-state index in [2.05, 4.69) is 10.2 Å². The Labute approximate surface area is 96.7 Å². The van der Waals surface area contributed by atoms with Gasteiger partial charge in [-0.3, -0.25) is 9.69 Å². The lowest BCUT2D eigenvalue weighted by molar-refractivity contribution is -0.136. The molecule has 0 saturated carbocycles. The number of amides is 1. The fourth-order valence-electron chi connectivity index (χ4n) is 2.00. The Kier molecular flexibility index (Phi) is 4.15. The first-order valence-electron chi connectivity index (χ1n) is 6.03. The van der Waals surface area contributed by atoms with E-state index in [4.69, 9.17) is 4.74 Å². The van der Waals surface area contributed by atoms with Crippen LogP contribution in [-0.4, -0.2) is 75.2 Å². The van der Waals surface area contributed by atoms with Crippen LogP contribution in [-0.2, 0) is 9.53 Å². The number of ether oxygens (including phenoxy) is 1. The highest BCUT2D eigenvalue weighted by Crippen LogP contribution is 2.07. The van der Waals surface area contributed by atoms with E-state index in [1.165, 1.54) is 0 Å². The van der Waals surface area contributed by atoms with Crippen molar-refractivity contribution in [1.82, 2.24) is 15.1 Å². The van der Waals surface area contributed by atoms with Crippen molar-refractivity contribution in [2.24, 2.45) is 5.92 Å². The van der Waals surface area contributed by atoms with Gasteiger partial charge in [-0.2, -0.15) is 0 Å². The molecular formula is C11H21N3O2. The molecule has 0 bridgehead atoms. The number of nitrogens with zero attached hydrogens (tertiary/aromatic N) is 2. The molecule has 2 aliphatic heterocycles. The predicted molar refractivity (Wildman–Crippen MR) is 61.3 cm³/mol. The maximum Gasteiger partial charge on any atom is 0.228 e. The number of hydrogen-bond donors (Lipinski definition) is 1. The first-order chi connectivity index (χ1) is 7.77. The number of carbonyl (C=O) groups excluding carboxylic acids is 1. The lowest BCUT2D eigenvalue weighted by Gasteiger charge is -2.32.